The zero-order chi connectivity index (χ0) is 12.1. The number of ether oxygens (including phenoxy) is 3. The Bertz CT molecular complexity index is 408. The van der Waals surface area contributed by atoms with E-state index in [4.69, 9.17) is 14.2 Å². The molecule has 1 aromatic rings. The molecule has 1 atom stereocenters. The van der Waals surface area contributed by atoms with E-state index in [0.717, 1.165) is 11.3 Å². The van der Waals surface area contributed by atoms with Crippen LogP contribution in [-0.4, -0.2) is 25.8 Å². The van der Waals surface area contributed by atoms with Crippen molar-refractivity contribution in [3.63, 3.8) is 0 Å². The van der Waals surface area contributed by atoms with Gasteiger partial charge in [-0.2, -0.15) is 0 Å². The molecule has 0 amide bonds. The standard InChI is InChI=1S/C13H14O4/c1-15-12-5-2-10(3-6-12)8-16-13-7-4-11(14)9-17-13/h2-7,13H,8-9H2,1H3/t13-/m1/s1. The lowest BCUT2D eigenvalue weighted by molar-refractivity contribution is -0.145. The van der Waals surface area contributed by atoms with Crippen LogP contribution >= 0.6 is 0 Å². The fourth-order valence-corrected chi connectivity index (χ4v) is 1.46. The summed E-state index contributed by atoms with van der Waals surface area (Å²) < 4.78 is 15.7. The zero-order valence-electron chi connectivity index (χ0n) is 9.59. The van der Waals surface area contributed by atoms with Gasteiger partial charge in [-0.15, -0.1) is 0 Å². The van der Waals surface area contributed by atoms with Crippen LogP contribution < -0.4 is 4.74 Å². The van der Waals surface area contributed by atoms with Gasteiger partial charge >= 0.3 is 0 Å². The van der Waals surface area contributed by atoms with Gasteiger partial charge in [-0.05, 0) is 29.8 Å². The molecule has 1 heterocycles. The van der Waals surface area contributed by atoms with Crippen molar-refractivity contribution in [1.29, 1.82) is 0 Å². The van der Waals surface area contributed by atoms with E-state index in [9.17, 15) is 4.79 Å². The van der Waals surface area contributed by atoms with Gasteiger partial charge in [0.15, 0.2) is 12.1 Å². The molecule has 90 valence electrons. The van der Waals surface area contributed by atoms with E-state index < -0.39 is 6.29 Å². The van der Waals surface area contributed by atoms with Gasteiger partial charge in [-0.3, -0.25) is 4.79 Å². The predicted molar refractivity (Wildman–Crippen MR) is 61.7 cm³/mol. The highest BCUT2D eigenvalue weighted by atomic mass is 16.7. The number of hydrogen-bond donors (Lipinski definition) is 0. The normalized spacial score (nSPS) is 19.4. The summed E-state index contributed by atoms with van der Waals surface area (Å²) in [5, 5.41) is 0. The van der Waals surface area contributed by atoms with E-state index in [0.29, 0.717) is 6.61 Å². The third-order valence-corrected chi connectivity index (χ3v) is 2.40. The highest BCUT2D eigenvalue weighted by Crippen LogP contribution is 2.13. The lowest BCUT2D eigenvalue weighted by Crippen LogP contribution is -2.23. The topological polar surface area (TPSA) is 44.8 Å². The van der Waals surface area contributed by atoms with E-state index >= 15 is 0 Å². The molecule has 4 heteroatoms. The molecule has 0 saturated carbocycles. The molecule has 0 aliphatic carbocycles. The van der Waals surface area contributed by atoms with Gasteiger partial charge in [-0.25, -0.2) is 0 Å². The first-order valence-electron chi connectivity index (χ1n) is 5.35. The molecule has 2 rings (SSSR count). The van der Waals surface area contributed by atoms with Crippen LogP contribution in [0.2, 0.25) is 0 Å². The number of carbonyl (C=O) groups is 1. The minimum atomic E-state index is -0.435. The van der Waals surface area contributed by atoms with E-state index in [2.05, 4.69) is 0 Å². The van der Waals surface area contributed by atoms with Crippen molar-refractivity contribution in [3.05, 3.63) is 42.0 Å². The van der Waals surface area contributed by atoms with Gasteiger partial charge in [0.25, 0.3) is 0 Å². The molecule has 0 aromatic heterocycles. The Hall–Kier alpha value is -1.65. The molecule has 1 aliphatic rings. The molecule has 1 aliphatic heterocycles. The number of benzene rings is 1. The third-order valence-electron chi connectivity index (χ3n) is 2.40. The molecule has 0 spiro atoms. The number of rotatable bonds is 4. The van der Waals surface area contributed by atoms with Crippen molar-refractivity contribution in [3.8, 4) is 5.75 Å². The quantitative estimate of drug-likeness (QED) is 0.795. The van der Waals surface area contributed by atoms with Gasteiger partial charge in [-0.1, -0.05) is 12.1 Å². The van der Waals surface area contributed by atoms with Crippen LogP contribution in [0.4, 0.5) is 0 Å². The summed E-state index contributed by atoms with van der Waals surface area (Å²) in [6.45, 7) is 0.525. The number of ketones is 1. The average molecular weight is 234 g/mol. The van der Waals surface area contributed by atoms with Crippen LogP contribution in [0.3, 0.4) is 0 Å². The zero-order valence-corrected chi connectivity index (χ0v) is 9.59. The second kappa shape index (κ2) is 5.61. The van der Waals surface area contributed by atoms with Gasteiger partial charge in [0, 0.05) is 0 Å². The van der Waals surface area contributed by atoms with Crippen molar-refractivity contribution in [2.24, 2.45) is 0 Å². The largest absolute Gasteiger partial charge is 0.497 e. The Morgan fingerprint density at radius 3 is 2.71 bits per heavy atom. The van der Waals surface area contributed by atoms with Crippen molar-refractivity contribution < 1.29 is 19.0 Å². The van der Waals surface area contributed by atoms with E-state index in [1.807, 2.05) is 24.3 Å². The maximum absolute atomic E-state index is 10.9. The molecule has 1 aromatic carbocycles. The van der Waals surface area contributed by atoms with Crippen LogP contribution in [0, 0.1) is 0 Å². The van der Waals surface area contributed by atoms with E-state index in [1.165, 1.54) is 6.08 Å². The summed E-state index contributed by atoms with van der Waals surface area (Å²) in [5.74, 6) is 0.780. The molecule has 4 nitrogen and oxygen atoms in total. The molecule has 0 N–H and O–H groups in total. The monoisotopic (exact) mass is 234 g/mol. The van der Waals surface area contributed by atoms with Crippen LogP contribution in [-0.2, 0) is 20.9 Å². The summed E-state index contributed by atoms with van der Waals surface area (Å²) >= 11 is 0. The lowest BCUT2D eigenvalue weighted by Gasteiger charge is -2.17. The molecule has 0 saturated heterocycles. The molecule has 0 fully saturated rings. The van der Waals surface area contributed by atoms with Crippen LogP contribution in [0.15, 0.2) is 36.4 Å². The second-order valence-corrected chi connectivity index (χ2v) is 3.66. The first-order valence-corrected chi connectivity index (χ1v) is 5.35. The Balaban J connectivity index is 1.85. The number of hydrogen-bond acceptors (Lipinski definition) is 4. The van der Waals surface area contributed by atoms with Gasteiger partial charge in [0.1, 0.15) is 12.4 Å². The fraction of sp³-hybridized carbons (Fsp3) is 0.308. The summed E-state index contributed by atoms with van der Waals surface area (Å²) in [6, 6.07) is 7.60. The second-order valence-electron chi connectivity index (χ2n) is 3.66. The van der Waals surface area contributed by atoms with Gasteiger partial charge in [0.05, 0.1) is 13.7 Å². The van der Waals surface area contributed by atoms with Gasteiger partial charge < -0.3 is 14.2 Å². The SMILES string of the molecule is COc1ccc(CO[C@H]2C=CC(=O)CO2)cc1. The van der Waals surface area contributed by atoms with E-state index in [1.54, 1.807) is 13.2 Å². The first kappa shape index (κ1) is 11.8. The minimum Gasteiger partial charge on any atom is -0.497 e. The lowest BCUT2D eigenvalue weighted by atomic mass is 10.2. The summed E-state index contributed by atoms with van der Waals surface area (Å²) in [6.07, 6.45) is 2.67. The Kier molecular flexibility index (Phi) is 3.90. The molecular weight excluding hydrogens is 220 g/mol. The van der Waals surface area contributed by atoms with Crippen molar-refractivity contribution >= 4 is 5.78 Å². The fourth-order valence-electron chi connectivity index (χ4n) is 1.46. The van der Waals surface area contributed by atoms with Crippen LogP contribution in [0.1, 0.15) is 5.56 Å². The molecule has 17 heavy (non-hydrogen) atoms. The average Bonchev–Trinajstić information content (AvgIpc) is 2.39. The maximum Gasteiger partial charge on any atom is 0.181 e. The first-order chi connectivity index (χ1) is 8.28. The van der Waals surface area contributed by atoms with Crippen molar-refractivity contribution in [1.82, 2.24) is 0 Å². The van der Waals surface area contributed by atoms with Crippen LogP contribution in [0.5, 0.6) is 5.75 Å². The summed E-state index contributed by atoms with van der Waals surface area (Å²) in [7, 11) is 1.63. The molecule has 0 unspecified atom stereocenters. The maximum atomic E-state index is 10.9. The Morgan fingerprint density at radius 2 is 2.12 bits per heavy atom. The number of methoxy groups -OCH3 is 1. The highest BCUT2D eigenvalue weighted by Gasteiger charge is 2.13. The molecular formula is C13H14O4. The minimum absolute atomic E-state index is 0.0331. The summed E-state index contributed by atoms with van der Waals surface area (Å²) in [5.41, 5.74) is 1.03. The van der Waals surface area contributed by atoms with Crippen LogP contribution in [0.25, 0.3) is 0 Å². The smallest absolute Gasteiger partial charge is 0.181 e. The van der Waals surface area contributed by atoms with Gasteiger partial charge in [0.2, 0.25) is 0 Å². The summed E-state index contributed by atoms with van der Waals surface area (Å²) in [4.78, 5) is 10.9. The number of carbonyl (C=O) groups excluding carboxylic acids is 1. The molecule has 0 radical (unpaired) electrons. The highest BCUT2D eigenvalue weighted by molar-refractivity contribution is 5.91. The Morgan fingerprint density at radius 1 is 1.35 bits per heavy atom. The predicted octanol–water partition coefficient (Wildman–Crippen LogP) is 1.69. The third kappa shape index (κ3) is 3.41. The van der Waals surface area contributed by atoms with Crippen molar-refractivity contribution in [2.45, 2.75) is 12.9 Å². The molecule has 0 bridgehead atoms. The Labute approximate surface area is 99.8 Å². The van der Waals surface area contributed by atoms with E-state index in [-0.39, 0.29) is 12.4 Å². The van der Waals surface area contributed by atoms with Crippen molar-refractivity contribution in [2.75, 3.05) is 13.7 Å².